The van der Waals surface area contributed by atoms with Crippen molar-refractivity contribution in [3.8, 4) is 0 Å². The summed E-state index contributed by atoms with van der Waals surface area (Å²) in [6.45, 7) is 1.70. The third-order valence-electron chi connectivity index (χ3n) is 2.90. The van der Waals surface area contributed by atoms with E-state index in [0.717, 1.165) is 11.3 Å². The molecule has 2 atom stereocenters. The first-order valence-electron chi connectivity index (χ1n) is 6.30. The average molecular weight is 311 g/mol. The Labute approximate surface area is 129 Å². The summed E-state index contributed by atoms with van der Waals surface area (Å²) in [5.74, 6) is -0.116. The van der Waals surface area contributed by atoms with Crippen molar-refractivity contribution in [3.63, 3.8) is 0 Å². The molecule has 108 valence electrons. The standard InChI is InChI=1S/C15H18N2OS.ClH/c1-11(16)15(18)17-13(14-8-5-9-19-14)10-12-6-3-2-4-7-12;/h2-9,11,13H,10,16H2,1H3,(H,17,18);1H/t11-,13?;/m1./s1. The zero-order valence-electron chi connectivity index (χ0n) is 11.3. The summed E-state index contributed by atoms with van der Waals surface area (Å²) in [6.07, 6.45) is 0.778. The number of rotatable bonds is 5. The largest absolute Gasteiger partial charge is 0.347 e. The van der Waals surface area contributed by atoms with Crippen molar-refractivity contribution in [2.75, 3.05) is 0 Å². The minimum Gasteiger partial charge on any atom is -0.347 e. The lowest BCUT2D eigenvalue weighted by molar-refractivity contribution is -0.122. The van der Waals surface area contributed by atoms with Gasteiger partial charge in [0.25, 0.3) is 0 Å². The van der Waals surface area contributed by atoms with Crippen molar-refractivity contribution in [3.05, 3.63) is 58.3 Å². The number of carbonyl (C=O) groups excluding carboxylic acids is 1. The van der Waals surface area contributed by atoms with E-state index in [1.807, 2.05) is 35.7 Å². The number of amides is 1. The molecule has 0 radical (unpaired) electrons. The first-order valence-corrected chi connectivity index (χ1v) is 7.18. The van der Waals surface area contributed by atoms with Gasteiger partial charge in [-0.25, -0.2) is 0 Å². The Morgan fingerprint density at radius 1 is 1.25 bits per heavy atom. The van der Waals surface area contributed by atoms with Crippen LogP contribution in [0.3, 0.4) is 0 Å². The molecule has 1 aromatic carbocycles. The summed E-state index contributed by atoms with van der Waals surface area (Å²) in [5, 5.41) is 5.03. The molecule has 0 fully saturated rings. The van der Waals surface area contributed by atoms with E-state index in [2.05, 4.69) is 17.4 Å². The van der Waals surface area contributed by atoms with Crippen LogP contribution in [0, 0.1) is 0 Å². The lowest BCUT2D eigenvalue weighted by Gasteiger charge is -2.19. The molecule has 0 saturated carbocycles. The van der Waals surface area contributed by atoms with Crippen molar-refractivity contribution < 1.29 is 4.79 Å². The van der Waals surface area contributed by atoms with Gasteiger partial charge in [-0.05, 0) is 30.4 Å². The molecule has 0 spiro atoms. The van der Waals surface area contributed by atoms with Crippen molar-refractivity contribution in [1.82, 2.24) is 5.32 Å². The van der Waals surface area contributed by atoms with Gasteiger partial charge in [0.15, 0.2) is 0 Å². The number of benzene rings is 1. The second-order valence-electron chi connectivity index (χ2n) is 4.55. The Kier molecular flexibility index (Phi) is 6.71. The average Bonchev–Trinajstić information content (AvgIpc) is 2.92. The molecule has 0 aliphatic heterocycles. The predicted molar refractivity (Wildman–Crippen MR) is 86.2 cm³/mol. The van der Waals surface area contributed by atoms with E-state index in [9.17, 15) is 4.79 Å². The van der Waals surface area contributed by atoms with Gasteiger partial charge in [0.05, 0.1) is 12.1 Å². The molecule has 3 nitrogen and oxygen atoms in total. The van der Waals surface area contributed by atoms with Crippen molar-refractivity contribution >= 4 is 29.7 Å². The molecule has 20 heavy (non-hydrogen) atoms. The van der Waals surface area contributed by atoms with Gasteiger partial charge >= 0.3 is 0 Å². The van der Waals surface area contributed by atoms with Crippen LogP contribution in [0.1, 0.15) is 23.4 Å². The van der Waals surface area contributed by atoms with Gasteiger partial charge in [0.1, 0.15) is 0 Å². The second-order valence-corrected chi connectivity index (χ2v) is 5.53. The molecule has 1 heterocycles. The quantitative estimate of drug-likeness (QED) is 0.892. The van der Waals surface area contributed by atoms with Crippen LogP contribution < -0.4 is 11.1 Å². The molecule has 1 amide bonds. The first kappa shape index (κ1) is 16.7. The third-order valence-corrected chi connectivity index (χ3v) is 3.89. The molecule has 1 unspecified atom stereocenters. The molecule has 1 aromatic heterocycles. The normalized spacial score (nSPS) is 13.1. The Morgan fingerprint density at radius 3 is 2.50 bits per heavy atom. The maximum atomic E-state index is 11.8. The SMILES string of the molecule is C[C@@H](N)C(=O)NC(Cc1ccccc1)c1cccs1.Cl. The van der Waals surface area contributed by atoms with Crippen LogP contribution in [0.25, 0.3) is 0 Å². The molecular weight excluding hydrogens is 292 g/mol. The maximum absolute atomic E-state index is 11.8. The Bertz CT molecular complexity index is 514. The Morgan fingerprint density at radius 2 is 1.95 bits per heavy atom. The van der Waals surface area contributed by atoms with Crippen molar-refractivity contribution in [1.29, 1.82) is 0 Å². The van der Waals surface area contributed by atoms with Gasteiger partial charge in [-0.1, -0.05) is 36.4 Å². The van der Waals surface area contributed by atoms with Gasteiger partial charge < -0.3 is 11.1 Å². The molecule has 0 aliphatic rings. The van der Waals surface area contributed by atoms with E-state index in [4.69, 9.17) is 5.73 Å². The minimum atomic E-state index is -0.488. The minimum absolute atomic E-state index is 0. The monoisotopic (exact) mass is 310 g/mol. The topological polar surface area (TPSA) is 55.1 Å². The highest BCUT2D eigenvalue weighted by molar-refractivity contribution is 7.10. The van der Waals surface area contributed by atoms with E-state index >= 15 is 0 Å². The van der Waals surface area contributed by atoms with E-state index in [1.54, 1.807) is 18.3 Å². The van der Waals surface area contributed by atoms with Gasteiger partial charge in [-0.2, -0.15) is 0 Å². The molecule has 0 bridgehead atoms. The molecule has 3 N–H and O–H groups in total. The maximum Gasteiger partial charge on any atom is 0.237 e. The van der Waals surface area contributed by atoms with Crippen LogP contribution in [0.15, 0.2) is 47.8 Å². The van der Waals surface area contributed by atoms with Gasteiger partial charge in [0, 0.05) is 4.88 Å². The third kappa shape index (κ3) is 4.63. The number of hydrogen-bond acceptors (Lipinski definition) is 3. The summed E-state index contributed by atoms with van der Waals surface area (Å²) >= 11 is 1.65. The zero-order valence-corrected chi connectivity index (χ0v) is 12.9. The fourth-order valence-corrected chi connectivity index (χ4v) is 2.64. The summed E-state index contributed by atoms with van der Waals surface area (Å²) in [6, 6.07) is 13.7. The predicted octanol–water partition coefficient (Wildman–Crippen LogP) is 2.92. The lowest BCUT2D eigenvalue weighted by Crippen LogP contribution is -2.40. The smallest absolute Gasteiger partial charge is 0.237 e. The van der Waals surface area contributed by atoms with Crippen LogP contribution in [0.2, 0.25) is 0 Å². The number of halogens is 1. The molecule has 2 rings (SSSR count). The highest BCUT2D eigenvalue weighted by atomic mass is 35.5. The first-order chi connectivity index (χ1) is 9.16. The molecule has 0 aliphatic carbocycles. The van der Waals surface area contributed by atoms with Crippen LogP contribution >= 0.6 is 23.7 Å². The van der Waals surface area contributed by atoms with Crippen LogP contribution in [0.4, 0.5) is 0 Å². The Hall–Kier alpha value is -1.36. The number of hydrogen-bond donors (Lipinski definition) is 2. The fraction of sp³-hybridized carbons (Fsp3) is 0.267. The van der Waals surface area contributed by atoms with E-state index in [1.165, 1.54) is 5.56 Å². The zero-order chi connectivity index (χ0) is 13.7. The van der Waals surface area contributed by atoms with E-state index < -0.39 is 6.04 Å². The highest BCUT2D eigenvalue weighted by Crippen LogP contribution is 2.23. The van der Waals surface area contributed by atoms with E-state index in [0.29, 0.717) is 0 Å². The van der Waals surface area contributed by atoms with Crippen molar-refractivity contribution in [2.24, 2.45) is 5.73 Å². The van der Waals surface area contributed by atoms with Crippen LogP contribution in [-0.2, 0) is 11.2 Å². The van der Waals surface area contributed by atoms with Gasteiger partial charge in [-0.15, -0.1) is 23.7 Å². The summed E-state index contributed by atoms with van der Waals surface area (Å²) < 4.78 is 0. The van der Waals surface area contributed by atoms with Crippen molar-refractivity contribution in [2.45, 2.75) is 25.4 Å². The number of nitrogens with two attached hydrogens (primary N) is 1. The summed E-state index contributed by atoms with van der Waals surface area (Å²) in [7, 11) is 0. The number of nitrogens with one attached hydrogen (secondary N) is 1. The van der Waals surface area contributed by atoms with Crippen LogP contribution in [-0.4, -0.2) is 11.9 Å². The number of thiophene rings is 1. The molecule has 0 saturated heterocycles. The second kappa shape index (κ2) is 8.04. The van der Waals surface area contributed by atoms with E-state index in [-0.39, 0.29) is 24.4 Å². The van der Waals surface area contributed by atoms with Gasteiger partial charge in [-0.3, -0.25) is 4.79 Å². The molecular formula is C15H19ClN2OS. The Balaban J connectivity index is 0.00000200. The molecule has 5 heteroatoms. The lowest BCUT2D eigenvalue weighted by atomic mass is 10.0. The van der Waals surface area contributed by atoms with Crippen LogP contribution in [0.5, 0.6) is 0 Å². The number of carbonyl (C=O) groups is 1. The fourth-order valence-electron chi connectivity index (χ4n) is 1.87. The summed E-state index contributed by atoms with van der Waals surface area (Å²) in [4.78, 5) is 13.0. The molecule has 2 aromatic rings. The highest BCUT2D eigenvalue weighted by Gasteiger charge is 2.18. The van der Waals surface area contributed by atoms with Gasteiger partial charge in [0.2, 0.25) is 5.91 Å². The summed E-state index contributed by atoms with van der Waals surface area (Å²) in [5.41, 5.74) is 6.82.